The van der Waals surface area contributed by atoms with E-state index in [9.17, 15) is 20.1 Å². The predicted molar refractivity (Wildman–Crippen MR) is 201 cm³/mol. The maximum absolute atomic E-state index is 14.2. The van der Waals surface area contributed by atoms with Crippen LogP contribution in [0.5, 0.6) is 0 Å². The summed E-state index contributed by atoms with van der Waals surface area (Å²) in [5.74, 6) is -0.0920. The standard InChI is InChI=1S/C44H57NO6/c1-32-11-9-22-43(2)41(39-20-18-34(25-36(46)19-17-32)26-40(39)42(48)35-14-7-4-8-15-35)21-23-44(43,49)31-45(28-38-16-10-24-51-38)27-37(47)30-50-29-33-12-5-3-6-13-33/h3-8,11-15,18,20,26,36-38,41,46-47,49H,9-10,16-17,19,21-25,27-31H2,1-2H3/t36-,37+,38+,41-,43-,44+/m0/s1. The van der Waals surface area contributed by atoms with E-state index in [-0.39, 0.29) is 24.4 Å². The summed E-state index contributed by atoms with van der Waals surface area (Å²) in [5.41, 5.74) is 3.89. The Morgan fingerprint density at radius 3 is 2.53 bits per heavy atom. The molecule has 1 saturated heterocycles. The van der Waals surface area contributed by atoms with Gasteiger partial charge < -0.3 is 24.8 Å². The molecule has 7 nitrogen and oxygen atoms in total. The number of aliphatic hydroxyl groups excluding tert-OH is 2. The quantitative estimate of drug-likeness (QED) is 0.139. The highest BCUT2D eigenvalue weighted by Gasteiger charge is 2.57. The molecule has 3 aliphatic carbocycles. The number of hydrogen-bond donors (Lipinski definition) is 3. The summed E-state index contributed by atoms with van der Waals surface area (Å²) in [6.45, 7) is 7.12. The molecule has 0 spiro atoms. The number of ketones is 1. The molecule has 6 atom stereocenters. The highest BCUT2D eigenvalue weighted by atomic mass is 16.5. The second-order valence-electron chi connectivity index (χ2n) is 15.6. The van der Waals surface area contributed by atoms with Gasteiger partial charge in [0, 0.05) is 42.8 Å². The van der Waals surface area contributed by atoms with Crippen molar-refractivity contribution >= 4 is 5.78 Å². The monoisotopic (exact) mass is 695 g/mol. The number of ether oxygens (including phenoxy) is 2. The molecule has 2 fully saturated rings. The first-order valence-corrected chi connectivity index (χ1v) is 19.1. The maximum atomic E-state index is 14.2. The predicted octanol–water partition coefficient (Wildman–Crippen LogP) is 7.01. The van der Waals surface area contributed by atoms with E-state index in [1.807, 2.05) is 66.7 Å². The number of carbonyl (C=O) groups excluding carboxylic acids is 1. The molecule has 3 aromatic rings. The van der Waals surface area contributed by atoms with Crippen LogP contribution in [-0.4, -0.2) is 82.8 Å². The Morgan fingerprint density at radius 1 is 1.02 bits per heavy atom. The smallest absolute Gasteiger partial charge is 0.193 e. The molecule has 274 valence electrons. The van der Waals surface area contributed by atoms with Crippen molar-refractivity contribution in [3.8, 4) is 0 Å². The fraction of sp³-hybridized carbons (Fsp3) is 0.523. The zero-order valence-electron chi connectivity index (χ0n) is 30.5. The van der Waals surface area contributed by atoms with E-state index in [0.717, 1.165) is 61.8 Å². The normalized spacial score (nSPS) is 27.6. The van der Waals surface area contributed by atoms with Gasteiger partial charge in [-0.3, -0.25) is 9.69 Å². The van der Waals surface area contributed by atoms with Crippen molar-refractivity contribution in [2.24, 2.45) is 5.41 Å². The number of fused-ring (bicyclic) bond motifs is 8. The van der Waals surface area contributed by atoms with Crippen molar-refractivity contribution in [2.45, 2.75) is 108 Å². The van der Waals surface area contributed by atoms with Crippen LogP contribution in [0.3, 0.4) is 0 Å². The van der Waals surface area contributed by atoms with Crippen molar-refractivity contribution in [3.05, 3.63) is 118 Å². The van der Waals surface area contributed by atoms with E-state index in [2.05, 4.69) is 37.0 Å². The van der Waals surface area contributed by atoms with Crippen LogP contribution in [0, 0.1) is 5.41 Å². The molecule has 2 bridgehead atoms. The minimum atomic E-state index is -1.08. The van der Waals surface area contributed by atoms with E-state index in [1.54, 1.807) is 0 Å². The fourth-order valence-electron chi connectivity index (χ4n) is 8.83. The van der Waals surface area contributed by atoms with Crippen molar-refractivity contribution < 1.29 is 29.6 Å². The van der Waals surface area contributed by atoms with Gasteiger partial charge in [0.1, 0.15) is 0 Å². The molecule has 1 heterocycles. The molecule has 0 amide bonds. The van der Waals surface area contributed by atoms with Gasteiger partial charge in [0.15, 0.2) is 5.78 Å². The Balaban J connectivity index is 1.31. The van der Waals surface area contributed by atoms with E-state index in [1.165, 1.54) is 5.57 Å². The van der Waals surface area contributed by atoms with Gasteiger partial charge in [-0.15, -0.1) is 0 Å². The van der Waals surface area contributed by atoms with Crippen molar-refractivity contribution in [3.63, 3.8) is 0 Å². The first kappa shape index (κ1) is 37.6. The molecule has 51 heavy (non-hydrogen) atoms. The van der Waals surface area contributed by atoms with Crippen molar-refractivity contribution in [1.29, 1.82) is 0 Å². The topological polar surface area (TPSA) is 99.5 Å². The van der Waals surface area contributed by atoms with Gasteiger partial charge in [-0.2, -0.15) is 0 Å². The number of hydrogen-bond acceptors (Lipinski definition) is 7. The first-order valence-electron chi connectivity index (χ1n) is 19.1. The summed E-state index contributed by atoms with van der Waals surface area (Å²) < 4.78 is 12.0. The highest BCUT2D eigenvalue weighted by Crippen LogP contribution is 2.59. The van der Waals surface area contributed by atoms with Crippen LogP contribution in [0.4, 0.5) is 0 Å². The summed E-state index contributed by atoms with van der Waals surface area (Å²) in [6, 6.07) is 25.6. The van der Waals surface area contributed by atoms with Gasteiger partial charge >= 0.3 is 0 Å². The number of benzene rings is 3. The Bertz CT molecular complexity index is 1600. The summed E-state index contributed by atoms with van der Waals surface area (Å²) in [7, 11) is 0. The zero-order valence-corrected chi connectivity index (χ0v) is 30.5. The molecule has 3 aromatic carbocycles. The summed E-state index contributed by atoms with van der Waals surface area (Å²) in [6.07, 6.45) is 7.90. The average molecular weight is 696 g/mol. The second kappa shape index (κ2) is 17.1. The number of allylic oxidation sites excluding steroid dienone is 2. The minimum absolute atomic E-state index is 0.0267. The lowest BCUT2D eigenvalue weighted by Gasteiger charge is -2.46. The second-order valence-corrected chi connectivity index (χ2v) is 15.6. The van der Waals surface area contributed by atoms with E-state index < -0.39 is 23.2 Å². The Hall–Kier alpha value is -3.17. The maximum Gasteiger partial charge on any atom is 0.193 e. The first-order chi connectivity index (χ1) is 24.6. The number of rotatable bonds is 12. The third-order valence-corrected chi connectivity index (χ3v) is 11.8. The van der Waals surface area contributed by atoms with Crippen LogP contribution in [-0.2, 0) is 22.5 Å². The Kier molecular flexibility index (Phi) is 12.6. The molecule has 0 aromatic heterocycles. The van der Waals surface area contributed by atoms with Gasteiger partial charge in [0.2, 0.25) is 0 Å². The van der Waals surface area contributed by atoms with Crippen molar-refractivity contribution in [2.75, 3.05) is 32.8 Å². The number of nitrogens with zero attached hydrogens (tertiary/aromatic N) is 1. The fourth-order valence-corrected chi connectivity index (χ4v) is 8.83. The van der Waals surface area contributed by atoms with E-state index in [0.29, 0.717) is 56.6 Å². The van der Waals surface area contributed by atoms with Crippen LogP contribution in [0.15, 0.2) is 90.5 Å². The van der Waals surface area contributed by atoms with Crippen LogP contribution in [0.1, 0.15) is 104 Å². The molecule has 4 aliphatic rings. The molecule has 7 heteroatoms. The van der Waals surface area contributed by atoms with Crippen LogP contribution < -0.4 is 0 Å². The van der Waals surface area contributed by atoms with Crippen molar-refractivity contribution in [1.82, 2.24) is 4.90 Å². The molecule has 1 aliphatic heterocycles. The van der Waals surface area contributed by atoms with Gasteiger partial charge in [-0.1, -0.05) is 91.4 Å². The van der Waals surface area contributed by atoms with Crippen LogP contribution in [0.25, 0.3) is 0 Å². The zero-order chi connectivity index (χ0) is 35.8. The Morgan fingerprint density at radius 2 is 1.78 bits per heavy atom. The lowest BCUT2D eigenvalue weighted by atomic mass is 9.64. The molecule has 3 N–H and O–H groups in total. The number of aliphatic hydroxyl groups is 3. The third kappa shape index (κ3) is 9.26. The van der Waals surface area contributed by atoms with Gasteiger partial charge in [0.05, 0.1) is 37.1 Å². The van der Waals surface area contributed by atoms with E-state index in [4.69, 9.17) is 9.47 Å². The molecular weight excluding hydrogens is 638 g/mol. The molecular formula is C44H57NO6. The Labute approximate surface area is 304 Å². The average Bonchev–Trinajstić information content (AvgIpc) is 3.73. The molecule has 7 rings (SSSR count). The molecule has 0 radical (unpaired) electrons. The largest absolute Gasteiger partial charge is 0.393 e. The molecule has 1 saturated carbocycles. The third-order valence-electron chi connectivity index (χ3n) is 11.8. The van der Waals surface area contributed by atoms with Gasteiger partial charge in [-0.25, -0.2) is 0 Å². The summed E-state index contributed by atoms with van der Waals surface area (Å²) >= 11 is 0. The number of carbonyl (C=O) groups is 1. The van der Waals surface area contributed by atoms with Gasteiger partial charge in [0.25, 0.3) is 0 Å². The van der Waals surface area contributed by atoms with Crippen LogP contribution in [0.2, 0.25) is 0 Å². The summed E-state index contributed by atoms with van der Waals surface area (Å²) in [4.78, 5) is 16.4. The minimum Gasteiger partial charge on any atom is -0.393 e. The van der Waals surface area contributed by atoms with E-state index >= 15 is 0 Å². The SMILES string of the molecule is CC1=CCC[C@@]2(C)[C@@H](CC[C@@]2(O)CN(C[C@@H](O)COCc2ccccc2)C[C@H]2CCCO2)c2ccc(cc2C(=O)c2ccccc2)C[C@@H](O)CC1. The van der Waals surface area contributed by atoms with Crippen LogP contribution >= 0.6 is 0 Å². The van der Waals surface area contributed by atoms with Gasteiger partial charge in [-0.05, 0) is 93.4 Å². The molecule has 0 unspecified atom stereocenters. The highest BCUT2D eigenvalue weighted by molar-refractivity contribution is 6.10. The lowest BCUT2D eigenvalue weighted by molar-refractivity contribution is -0.0961. The lowest BCUT2D eigenvalue weighted by Crippen LogP contribution is -2.55. The summed E-state index contributed by atoms with van der Waals surface area (Å²) in [5, 5.41) is 35.2.